The summed E-state index contributed by atoms with van der Waals surface area (Å²) in [6.45, 7) is 1.99. The van der Waals surface area contributed by atoms with Gasteiger partial charge in [-0.15, -0.1) is 0 Å². The van der Waals surface area contributed by atoms with Crippen LogP contribution in [0.4, 0.5) is 13.2 Å². The summed E-state index contributed by atoms with van der Waals surface area (Å²) < 4.78 is 46.7. The molecule has 0 atom stereocenters. The summed E-state index contributed by atoms with van der Waals surface area (Å²) in [4.78, 5) is 0. The highest BCUT2D eigenvalue weighted by molar-refractivity contribution is 9.09. The van der Waals surface area contributed by atoms with Crippen LogP contribution in [0.1, 0.15) is 31.4 Å². The average molecular weight is 393 g/mol. The second-order valence-electron chi connectivity index (χ2n) is 6.11. The number of rotatable bonds is 4. The maximum atomic E-state index is 13.3. The van der Waals surface area contributed by atoms with Crippen molar-refractivity contribution in [3.8, 4) is 5.75 Å². The molecule has 1 fully saturated rings. The van der Waals surface area contributed by atoms with Gasteiger partial charge in [-0.2, -0.15) is 18.3 Å². The van der Waals surface area contributed by atoms with E-state index in [1.54, 1.807) is 19.2 Å². The van der Waals surface area contributed by atoms with E-state index in [0.717, 1.165) is 6.07 Å². The van der Waals surface area contributed by atoms with Gasteiger partial charge in [-0.25, -0.2) is 0 Å². The van der Waals surface area contributed by atoms with E-state index < -0.39 is 17.3 Å². The van der Waals surface area contributed by atoms with Crippen LogP contribution in [-0.4, -0.2) is 32.4 Å². The molecule has 0 unspecified atom stereocenters. The highest BCUT2D eigenvalue weighted by Gasteiger charge is 2.41. The summed E-state index contributed by atoms with van der Waals surface area (Å²) in [5.74, 6) is 0.171. The van der Waals surface area contributed by atoms with Crippen molar-refractivity contribution >= 4 is 26.8 Å². The minimum Gasteiger partial charge on any atom is -0.493 e. The normalized spacial score (nSPS) is 24.7. The molecule has 2 aromatic rings. The number of benzene rings is 1. The molecule has 1 aromatic carbocycles. The van der Waals surface area contributed by atoms with Crippen molar-refractivity contribution in [1.82, 2.24) is 9.78 Å². The van der Waals surface area contributed by atoms with E-state index >= 15 is 0 Å². The summed E-state index contributed by atoms with van der Waals surface area (Å²) in [5, 5.41) is 14.8. The molecule has 1 heterocycles. The van der Waals surface area contributed by atoms with E-state index in [-0.39, 0.29) is 23.9 Å². The molecule has 1 aliphatic rings. The van der Waals surface area contributed by atoms with Crippen LogP contribution in [0.3, 0.4) is 0 Å². The first-order valence-corrected chi connectivity index (χ1v) is 8.33. The van der Waals surface area contributed by atoms with Gasteiger partial charge in [0.1, 0.15) is 11.3 Å². The second-order valence-corrected chi connectivity index (χ2v) is 6.90. The lowest BCUT2D eigenvalue weighted by Crippen LogP contribution is -2.42. The lowest BCUT2D eigenvalue weighted by Gasteiger charge is -2.40. The van der Waals surface area contributed by atoms with Gasteiger partial charge in [-0.05, 0) is 31.9 Å². The largest absolute Gasteiger partial charge is 0.493 e. The van der Waals surface area contributed by atoms with E-state index in [9.17, 15) is 18.3 Å². The standard InChI is InChI=1S/C15H16BrF3N2O2/c1-14(22)6-10(7-14)21-8-9-4-11(23-3-2-16)5-12(13(9)20-21)15(17,18)19/h4-5,8,10,22H,2-3,6-7H2,1H3. The number of aromatic nitrogens is 2. The van der Waals surface area contributed by atoms with Crippen LogP contribution < -0.4 is 4.74 Å². The molecule has 0 aliphatic heterocycles. The zero-order valence-corrected chi connectivity index (χ0v) is 14.0. The van der Waals surface area contributed by atoms with Crippen LogP contribution in [0.2, 0.25) is 0 Å². The van der Waals surface area contributed by atoms with E-state index in [2.05, 4.69) is 21.0 Å². The third kappa shape index (κ3) is 3.33. The Kier molecular flexibility index (Phi) is 4.08. The van der Waals surface area contributed by atoms with Crippen molar-refractivity contribution in [2.45, 2.75) is 37.6 Å². The van der Waals surface area contributed by atoms with Crippen LogP contribution in [-0.2, 0) is 6.18 Å². The summed E-state index contributed by atoms with van der Waals surface area (Å²) in [5.41, 5.74) is -1.65. The van der Waals surface area contributed by atoms with Crippen molar-refractivity contribution in [1.29, 1.82) is 0 Å². The number of fused-ring (bicyclic) bond motifs is 1. The molecule has 0 bridgehead atoms. The monoisotopic (exact) mass is 392 g/mol. The molecule has 3 rings (SSSR count). The molecule has 0 saturated heterocycles. The van der Waals surface area contributed by atoms with Crippen molar-refractivity contribution in [2.75, 3.05) is 11.9 Å². The second kappa shape index (κ2) is 5.66. The Morgan fingerprint density at radius 1 is 1.43 bits per heavy atom. The Morgan fingerprint density at radius 3 is 2.70 bits per heavy atom. The first kappa shape index (κ1) is 16.6. The predicted molar refractivity (Wildman–Crippen MR) is 82.9 cm³/mol. The van der Waals surface area contributed by atoms with Crippen LogP contribution in [0.15, 0.2) is 18.3 Å². The molecule has 1 aromatic heterocycles. The molecular formula is C15H16BrF3N2O2. The number of alkyl halides is 4. The van der Waals surface area contributed by atoms with Crippen molar-refractivity contribution < 1.29 is 23.0 Å². The van der Waals surface area contributed by atoms with Gasteiger partial charge in [0, 0.05) is 16.9 Å². The molecule has 126 valence electrons. The summed E-state index contributed by atoms with van der Waals surface area (Å²) in [6.07, 6.45) is -1.95. The molecule has 0 amide bonds. The van der Waals surface area contributed by atoms with Crippen molar-refractivity contribution in [2.24, 2.45) is 0 Å². The van der Waals surface area contributed by atoms with Gasteiger partial charge in [-0.3, -0.25) is 4.68 Å². The minimum atomic E-state index is -4.50. The Hall–Kier alpha value is -1.28. The Morgan fingerprint density at radius 2 is 2.13 bits per heavy atom. The summed E-state index contributed by atoms with van der Waals surface area (Å²) in [6, 6.07) is 2.47. The van der Waals surface area contributed by atoms with Gasteiger partial charge < -0.3 is 9.84 Å². The SMILES string of the molecule is CC1(O)CC(n2cc3cc(OCCBr)cc(C(F)(F)F)c3n2)C1. The lowest BCUT2D eigenvalue weighted by atomic mass is 9.77. The van der Waals surface area contributed by atoms with E-state index in [1.807, 2.05) is 0 Å². The van der Waals surface area contributed by atoms with Gasteiger partial charge >= 0.3 is 6.18 Å². The fraction of sp³-hybridized carbons (Fsp3) is 0.533. The predicted octanol–water partition coefficient (Wildman–Crippen LogP) is 3.91. The lowest BCUT2D eigenvalue weighted by molar-refractivity contribution is -0.136. The van der Waals surface area contributed by atoms with Crippen LogP contribution >= 0.6 is 15.9 Å². The van der Waals surface area contributed by atoms with Crippen molar-refractivity contribution in [3.05, 3.63) is 23.9 Å². The molecule has 23 heavy (non-hydrogen) atoms. The Balaban J connectivity index is 2.02. The number of nitrogens with zero attached hydrogens (tertiary/aromatic N) is 2. The van der Waals surface area contributed by atoms with Gasteiger partial charge in [0.2, 0.25) is 0 Å². The van der Waals surface area contributed by atoms with Crippen LogP contribution in [0.25, 0.3) is 10.9 Å². The average Bonchev–Trinajstić information content (AvgIpc) is 2.83. The molecule has 8 heteroatoms. The Bertz CT molecular complexity index is 719. The van der Waals surface area contributed by atoms with Gasteiger partial charge in [0.05, 0.1) is 23.8 Å². The highest BCUT2D eigenvalue weighted by atomic mass is 79.9. The van der Waals surface area contributed by atoms with Gasteiger partial charge in [0.25, 0.3) is 0 Å². The van der Waals surface area contributed by atoms with Crippen LogP contribution in [0, 0.1) is 0 Å². The third-order valence-electron chi connectivity index (χ3n) is 3.98. The van der Waals surface area contributed by atoms with Crippen molar-refractivity contribution in [3.63, 3.8) is 0 Å². The highest BCUT2D eigenvalue weighted by Crippen LogP contribution is 2.42. The topological polar surface area (TPSA) is 47.3 Å². The molecule has 1 aliphatic carbocycles. The van der Waals surface area contributed by atoms with E-state index in [0.29, 0.717) is 23.6 Å². The number of halogens is 4. The molecule has 0 spiro atoms. The van der Waals surface area contributed by atoms with Gasteiger partial charge in [-0.1, -0.05) is 15.9 Å². The Labute approximate surface area is 139 Å². The zero-order chi connectivity index (χ0) is 16.8. The number of aliphatic hydroxyl groups is 1. The molecule has 1 N–H and O–H groups in total. The van der Waals surface area contributed by atoms with E-state index in [4.69, 9.17) is 4.74 Å². The zero-order valence-electron chi connectivity index (χ0n) is 12.4. The molecule has 0 radical (unpaired) electrons. The maximum absolute atomic E-state index is 13.3. The fourth-order valence-corrected chi connectivity index (χ4v) is 3.07. The first-order chi connectivity index (χ1) is 10.7. The smallest absolute Gasteiger partial charge is 0.418 e. The maximum Gasteiger partial charge on any atom is 0.418 e. The van der Waals surface area contributed by atoms with E-state index in [1.165, 1.54) is 4.68 Å². The van der Waals surface area contributed by atoms with Gasteiger partial charge in [0.15, 0.2) is 0 Å². The number of hydrogen-bond acceptors (Lipinski definition) is 3. The fourth-order valence-electron chi connectivity index (χ4n) is 2.91. The number of ether oxygens (including phenoxy) is 1. The number of hydrogen-bond donors (Lipinski definition) is 1. The first-order valence-electron chi connectivity index (χ1n) is 7.21. The summed E-state index contributed by atoms with van der Waals surface area (Å²) in [7, 11) is 0. The molecular weight excluding hydrogens is 377 g/mol. The minimum absolute atomic E-state index is 0.0783. The molecule has 1 saturated carbocycles. The van der Waals surface area contributed by atoms with Crippen LogP contribution in [0.5, 0.6) is 5.75 Å². The third-order valence-corrected chi connectivity index (χ3v) is 4.30. The molecule has 4 nitrogen and oxygen atoms in total. The quantitative estimate of drug-likeness (QED) is 0.802. The summed E-state index contributed by atoms with van der Waals surface area (Å²) >= 11 is 3.18.